The summed E-state index contributed by atoms with van der Waals surface area (Å²) in [6.07, 6.45) is 3.91. The Hall–Kier alpha value is -1.27. The molecule has 2 atom stereocenters. The number of carbonyl (C=O) groups is 1. The third-order valence-corrected chi connectivity index (χ3v) is 6.02. The summed E-state index contributed by atoms with van der Waals surface area (Å²) in [5.41, 5.74) is 1.25. The Balaban J connectivity index is 0.00000196. The molecule has 1 N–H and O–H groups in total. The molecule has 0 unspecified atom stereocenters. The molecule has 0 spiro atoms. The summed E-state index contributed by atoms with van der Waals surface area (Å²) in [5.74, 6) is 1.41. The fourth-order valence-electron chi connectivity index (χ4n) is 3.79. The van der Waals surface area contributed by atoms with Crippen molar-refractivity contribution < 1.29 is 4.79 Å². The second kappa shape index (κ2) is 8.17. The molecule has 140 valence electrons. The Morgan fingerprint density at radius 3 is 2.42 bits per heavy atom. The third kappa shape index (κ3) is 3.86. The van der Waals surface area contributed by atoms with E-state index >= 15 is 0 Å². The molecule has 5 nitrogen and oxygen atoms in total. The number of benzene rings is 1. The molecule has 2 aliphatic rings. The molecule has 8 heteroatoms. The van der Waals surface area contributed by atoms with Gasteiger partial charge in [0.05, 0.1) is 15.7 Å². The number of nitrogens with one attached hydrogen (secondary N) is 1. The number of nitrogens with zero attached hydrogens (tertiary/aromatic N) is 3. The monoisotopic (exact) mass is 414 g/mol. The standard InChI is InChI=1S/C18H20Cl2N4O.ClH/c19-15-2-1-14(9-16(15)20)24-8-5-17(22-24)18(25)23-6-3-12-10-21-11-13(12)4-7-23;/h1-2,5,8-9,12-13,21H,3-4,6-7,10-11H2;1H/t12-,13+;. The molecule has 2 aliphatic heterocycles. The summed E-state index contributed by atoms with van der Waals surface area (Å²) in [6.45, 7) is 3.78. The molecule has 1 aromatic carbocycles. The molecule has 0 saturated carbocycles. The maximum Gasteiger partial charge on any atom is 0.274 e. The van der Waals surface area contributed by atoms with E-state index in [9.17, 15) is 4.79 Å². The Labute approximate surface area is 169 Å². The number of fused-ring (bicyclic) bond motifs is 1. The van der Waals surface area contributed by atoms with Crippen molar-refractivity contribution in [1.82, 2.24) is 20.0 Å². The van der Waals surface area contributed by atoms with Crippen LogP contribution in [0.25, 0.3) is 5.69 Å². The number of halogens is 3. The van der Waals surface area contributed by atoms with E-state index in [1.807, 2.05) is 11.0 Å². The zero-order valence-corrected chi connectivity index (χ0v) is 16.5. The van der Waals surface area contributed by atoms with Gasteiger partial charge < -0.3 is 10.2 Å². The van der Waals surface area contributed by atoms with Crippen molar-refractivity contribution in [2.45, 2.75) is 12.8 Å². The fourth-order valence-corrected chi connectivity index (χ4v) is 4.08. The largest absolute Gasteiger partial charge is 0.337 e. The van der Waals surface area contributed by atoms with Gasteiger partial charge in [0, 0.05) is 19.3 Å². The molecule has 0 radical (unpaired) electrons. The van der Waals surface area contributed by atoms with E-state index in [1.165, 1.54) is 0 Å². The molecule has 0 aliphatic carbocycles. The quantitative estimate of drug-likeness (QED) is 0.814. The van der Waals surface area contributed by atoms with Crippen LogP contribution in [0.3, 0.4) is 0 Å². The minimum atomic E-state index is 0. The van der Waals surface area contributed by atoms with Gasteiger partial charge in [-0.05, 0) is 62.0 Å². The summed E-state index contributed by atoms with van der Waals surface area (Å²) < 4.78 is 1.66. The summed E-state index contributed by atoms with van der Waals surface area (Å²) in [5, 5.41) is 8.87. The van der Waals surface area contributed by atoms with Gasteiger partial charge in [0.2, 0.25) is 0 Å². The predicted molar refractivity (Wildman–Crippen MR) is 106 cm³/mol. The number of hydrogen-bond donors (Lipinski definition) is 1. The van der Waals surface area contributed by atoms with Gasteiger partial charge in [0.25, 0.3) is 5.91 Å². The SMILES string of the molecule is Cl.O=C(c1ccn(-c2ccc(Cl)c(Cl)c2)n1)N1CC[C@@H]2CNC[C@@H]2CC1. The highest BCUT2D eigenvalue weighted by molar-refractivity contribution is 6.42. The van der Waals surface area contributed by atoms with Crippen LogP contribution in [0.1, 0.15) is 23.3 Å². The van der Waals surface area contributed by atoms with Gasteiger partial charge in [-0.15, -0.1) is 12.4 Å². The smallest absolute Gasteiger partial charge is 0.274 e. The maximum absolute atomic E-state index is 12.8. The van der Waals surface area contributed by atoms with Crippen molar-refractivity contribution in [2.24, 2.45) is 11.8 Å². The Morgan fingerprint density at radius 2 is 1.77 bits per heavy atom. The minimum Gasteiger partial charge on any atom is -0.337 e. The molecule has 1 amide bonds. The van der Waals surface area contributed by atoms with Crippen LogP contribution in [0.5, 0.6) is 0 Å². The Kier molecular flexibility index (Phi) is 6.13. The predicted octanol–water partition coefficient (Wildman–Crippen LogP) is 3.67. The number of aromatic nitrogens is 2. The van der Waals surface area contributed by atoms with Gasteiger partial charge in [0.1, 0.15) is 0 Å². The van der Waals surface area contributed by atoms with Crippen molar-refractivity contribution in [1.29, 1.82) is 0 Å². The molecule has 3 heterocycles. The maximum atomic E-state index is 12.8. The number of likely N-dealkylation sites (tertiary alicyclic amines) is 1. The average molecular weight is 416 g/mol. The summed E-state index contributed by atoms with van der Waals surface area (Å²) in [7, 11) is 0. The lowest BCUT2D eigenvalue weighted by molar-refractivity contribution is 0.0752. The summed E-state index contributed by atoms with van der Waals surface area (Å²) in [4.78, 5) is 14.8. The number of amides is 1. The van der Waals surface area contributed by atoms with E-state index in [4.69, 9.17) is 23.2 Å². The topological polar surface area (TPSA) is 50.2 Å². The molecule has 2 aromatic rings. The molecule has 1 aromatic heterocycles. The Morgan fingerprint density at radius 1 is 1.08 bits per heavy atom. The van der Waals surface area contributed by atoms with Gasteiger partial charge in [-0.2, -0.15) is 5.10 Å². The first-order valence-corrected chi connectivity index (χ1v) is 9.38. The van der Waals surface area contributed by atoms with Crippen LogP contribution < -0.4 is 5.32 Å². The van der Waals surface area contributed by atoms with Gasteiger partial charge in [-0.3, -0.25) is 4.79 Å². The van der Waals surface area contributed by atoms with Crippen LogP contribution in [-0.4, -0.2) is 46.8 Å². The van der Waals surface area contributed by atoms with E-state index in [1.54, 1.807) is 29.1 Å². The first kappa shape index (κ1) is 19.5. The van der Waals surface area contributed by atoms with E-state index < -0.39 is 0 Å². The highest BCUT2D eigenvalue weighted by atomic mass is 35.5. The second-order valence-electron chi connectivity index (χ2n) is 6.79. The van der Waals surface area contributed by atoms with Crippen LogP contribution >= 0.6 is 35.6 Å². The molecule has 4 rings (SSSR count). The minimum absolute atomic E-state index is 0. The molecule has 2 fully saturated rings. The van der Waals surface area contributed by atoms with E-state index in [0.717, 1.165) is 44.7 Å². The van der Waals surface area contributed by atoms with Crippen molar-refractivity contribution in [3.8, 4) is 5.69 Å². The van der Waals surface area contributed by atoms with Gasteiger partial charge in [0.15, 0.2) is 5.69 Å². The molecular formula is C18H21Cl3N4O. The normalized spacial score (nSPS) is 22.5. The van der Waals surface area contributed by atoms with E-state index in [-0.39, 0.29) is 18.3 Å². The van der Waals surface area contributed by atoms with Crippen molar-refractivity contribution in [3.63, 3.8) is 0 Å². The molecular weight excluding hydrogens is 395 g/mol. The van der Waals surface area contributed by atoms with Crippen LogP contribution in [0, 0.1) is 11.8 Å². The van der Waals surface area contributed by atoms with Crippen LogP contribution in [0.4, 0.5) is 0 Å². The summed E-state index contributed by atoms with van der Waals surface area (Å²) in [6, 6.07) is 7.06. The average Bonchev–Trinajstić information content (AvgIpc) is 3.23. The Bertz CT molecular complexity index is 780. The van der Waals surface area contributed by atoms with E-state index in [0.29, 0.717) is 27.6 Å². The van der Waals surface area contributed by atoms with E-state index in [2.05, 4.69) is 10.4 Å². The van der Waals surface area contributed by atoms with Crippen LogP contribution in [0.2, 0.25) is 10.0 Å². The second-order valence-corrected chi connectivity index (χ2v) is 7.61. The highest BCUT2D eigenvalue weighted by Gasteiger charge is 2.32. The molecule has 2 saturated heterocycles. The van der Waals surface area contributed by atoms with Gasteiger partial charge in [-0.1, -0.05) is 23.2 Å². The third-order valence-electron chi connectivity index (χ3n) is 5.28. The highest BCUT2D eigenvalue weighted by Crippen LogP contribution is 2.28. The first-order valence-electron chi connectivity index (χ1n) is 8.63. The number of rotatable bonds is 2. The van der Waals surface area contributed by atoms with Crippen molar-refractivity contribution in [3.05, 3.63) is 46.2 Å². The van der Waals surface area contributed by atoms with Crippen LogP contribution in [-0.2, 0) is 0 Å². The van der Waals surface area contributed by atoms with Crippen molar-refractivity contribution in [2.75, 3.05) is 26.2 Å². The zero-order valence-electron chi connectivity index (χ0n) is 14.2. The van der Waals surface area contributed by atoms with Gasteiger partial charge >= 0.3 is 0 Å². The van der Waals surface area contributed by atoms with Crippen LogP contribution in [0.15, 0.2) is 30.5 Å². The zero-order chi connectivity index (χ0) is 17.4. The molecule has 0 bridgehead atoms. The lowest BCUT2D eigenvalue weighted by Gasteiger charge is -2.19. The lowest BCUT2D eigenvalue weighted by atomic mass is 9.92. The first-order chi connectivity index (χ1) is 12.1. The number of hydrogen-bond acceptors (Lipinski definition) is 3. The molecule has 26 heavy (non-hydrogen) atoms. The summed E-state index contributed by atoms with van der Waals surface area (Å²) >= 11 is 12.0. The van der Waals surface area contributed by atoms with Gasteiger partial charge in [-0.25, -0.2) is 4.68 Å². The lowest BCUT2D eigenvalue weighted by Crippen LogP contribution is -2.33. The fraction of sp³-hybridized carbons (Fsp3) is 0.444. The number of carbonyl (C=O) groups excluding carboxylic acids is 1. The van der Waals surface area contributed by atoms with Crippen molar-refractivity contribution >= 4 is 41.5 Å².